The first-order valence-electron chi connectivity index (χ1n) is 12.1. The molecule has 0 aliphatic heterocycles. The maximum absolute atomic E-state index is 4.93. The van der Waals surface area contributed by atoms with Gasteiger partial charge in [0.25, 0.3) is 0 Å². The molecule has 0 N–H and O–H groups in total. The van der Waals surface area contributed by atoms with E-state index in [1.54, 1.807) is 11.1 Å². The molecule has 4 aliphatic rings. The SMILES string of the molecule is C1=CC2CC(c3ccccc3-c3ccccc3C3CC4C=CC=CC4C3)CC2C=C1.[CH3-].[CH3-].[Cl][Zr+2][Cl]. The zero-order valence-corrected chi connectivity index (χ0v) is 24.8. The molecule has 0 radical (unpaired) electrons. The molecular weight excluding hydrogens is 546 g/mol. The normalized spacial score (nSPS) is 29.1. The van der Waals surface area contributed by atoms with Gasteiger partial charge in [-0.2, -0.15) is 0 Å². The van der Waals surface area contributed by atoms with Crippen LogP contribution in [0.15, 0.2) is 97.1 Å². The van der Waals surface area contributed by atoms with Crippen molar-refractivity contribution in [3.63, 3.8) is 0 Å². The van der Waals surface area contributed by atoms with Gasteiger partial charge in [0.2, 0.25) is 0 Å². The monoisotopic (exact) mass is 580 g/mol. The Balaban J connectivity index is 0.000000653. The second-order valence-corrected chi connectivity index (χ2v) is 13.5. The Hall–Kier alpha value is -1.14. The molecule has 0 spiro atoms. The fourth-order valence-corrected chi connectivity index (χ4v) is 6.62. The summed E-state index contributed by atoms with van der Waals surface area (Å²) >= 11 is -0.826. The number of hydrogen-bond donors (Lipinski definition) is 0. The zero-order valence-electron chi connectivity index (χ0n) is 20.8. The van der Waals surface area contributed by atoms with E-state index < -0.39 is 20.8 Å². The van der Waals surface area contributed by atoms with Crippen LogP contribution in [0.5, 0.6) is 0 Å². The van der Waals surface area contributed by atoms with Gasteiger partial charge in [0.1, 0.15) is 0 Å². The Kier molecular flexibility index (Phi) is 10.9. The van der Waals surface area contributed by atoms with Gasteiger partial charge in [-0.1, -0.05) is 97.1 Å². The molecule has 2 saturated carbocycles. The Morgan fingerprint density at radius 2 is 0.800 bits per heavy atom. The van der Waals surface area contributed by atoms with E-state index in [0.717, 1.165) is 23.7 Å². The minimum absolute atomic E-state index is 0. The van der Waals surface area contributed by atoms with E-state index in [4.69, 9.17) is 17.0 Å². The van der Waals surface area contributed by atoms with Crippen molar-refractivity contribution >= 4 is 17.0 Å². The molecule has 0 bridgehead atoms. The van der Waals surface area contributed by atoms with E-state index in [2.05, 4.69) is 97.1 Å². The number of hydrogen-bond acceptors (Lipinski definition) is 0. The summed E-state index contributed by atoms with van der Waals surface area (Å²) in [7, 11) is 9.87. The number of allylic oxidation sites excluding steroid dienone is 8. The molecule has 4 atom stereocenters. The van der Waals surface area contributed by atoms with Crippen LogP contribution < -0.4 is 0 Å². The van der Waals surface area contributed by atoms with Crippen LogP contribution in [0.3, 0.4) is 0 Å². The Morgan fingerprint density at radius 1 is 0.514 bits per heavy atom. The van der Waals surface area contributed by atoms with Crippen molar-refractivity contribution in [1.29, 1.82) is 0 Å². The Labute approximate surface area is 231 Å². The standard InChI is InChI=1S/C30H30.2CH3.2ClH.Zr/c1-2-10-22-18-25(17-21(22)9-1)27-13-5-7-15-29(27)30-16-8-6-14-28(30)26-19-23-11-3-4-12-24(23)20-26;;;;;/h1-16,21-26H,17-20H2;2*1H3;2*1H;/q;2*-1;;;+4/p-2. The predicted molar refractivity (Wildman–Crippen MR) is 151 cm³/mol. The third-order valence-corrected chi connectivity index (χ3v) is 8.07. The summed E-state index contributed by atoms with van der Waals surface area (Å²) < 4.78 is 0. The van der Waals surface area contributed by atoms with Crippen LogP contribution in [-0.4, -0.2) is 0 Å². The second kappa shape index (κ2) is 13.4. The topological polar surface area (TPSA) is 0 Å². The van der Waals surface area contributed by atoms with Gasteiger partial charge < -0.3 is 14.9 Å². The Morgan fingerprint density at radius 3 is 1.11 bits per heavy atom. The van der Waals surface area contributed by atoms with Crippen LogP contribution >= 0.6 is 17.0 Å². The first-order chi connectivity index (χ1) is 16.3. The quantitative estimate of drug-likeness (QED) is 0.316. The van der Waals surface area contributed by atoms with E-state index in [9.17, 15) is 0 Å². The predicted octanol–water partition coefficient (Wildman–Crippen LogP) is 10.1. The van der Waals surface area contributed by atoms with E-state index in [1.807, 2.05) is 0 Å². The molecule has 6 rings (SSSR count). The van der Waals surface area contributed by atoms with Gasteiger partial charge in [-0.15, -0.1) is 0 Å². The van der Waals surface area contributed by atoms with E-state index in [0.29, 0.717) is 11.8 Å². The number of benzene rings is 2. The van der Waals surface area contributed by atoms with Gasteiger partial charge in [0.15, 0.2) is 0 Å². The van der Waals surface area contributed by atoms with Crippen molar-refractivity contribution in [3.05, 3.63) is 123 Å². The average Bonchev–Trinajstić information content (AvgIpc) is 3.49. The van der Waals surface area contributed by atoms with E-state index in [1.165, 1.54) is 36.8 Å². The van der Waals surface area contributed by atoms with E-state index >= 15 is 0 Å². The Bertz CT molecular complexity index is 957. The van der Waals surface area contributed by atoms with Crippen molar-refractivity contribution < 1.29 is 20.8 Å². The minimum atomic E-state index is -0.826. The average molecular weight is 583 g/mol. The summed E-state index contributed by atoms with van der Waals surface area (Å²) in [4.78, 5) is 0. The molecular formula is C32H36Cl2Zr. The van der Waals surface area contributed by atoms with E-state index in [-0.39, 0.29) is 14.9 Å². The molecule has 2 aromatic rings. The summed E-state index contributed by atoms with van der Waals surface area (Å²) in [6, 6.07) is 18.5. The number of rotatable bonds is 3. The summed E-state index contributed by atoms with van der Waals surface area (Å²) in [6.45, 7) is 0. The second-order valence-electron chi connectivity index (χ2n) is 9.78. The van der Waals surface area contributed by atoms with Gasteiger partial charge in [0.05, 0.1) is 0 Å². The summed E-state index contributed by atoms with van der Waals surface area (Å²) in [5.41, 5.74) is 6.09. The molecule has 0 nitrogen and oxygen atoms in total. The van der Waals surface area contributed by atoms with Crippen molar-refractivity contribution in [2.24, 2.45) is 23.7 Å². The fraction of sp³-hybridized carbons (Fsp3) is 0.312. The molecule has 182 valence electrons. The molecule has 0 heterocycles. The molecule has 0 aromatic heterocycles. The summed E-state index contributed by atoms with van der Waals surface area (Å²) in [6.07, 6.45) is 23.8. The molecule has 4 aliphatic carbocycles. The van der Waals surface area contributed by atoms with Crippen molar-refractivity contribution in [1.82, 2.24) is 0 Å². The van der Waals surface area contributed by atoms with Crippen LogP contribution in [-0.2, 0) is 20.8 Å². The fourth-order valence-electron chi connectivity index (χ4n) is 6.62. The van der Waals surface area contributed by atoms with Crippen molar-refractivity contribution in [2.75, 3.05) is 0 Å². The van der Waals surface area contributed by atoms with Crippen LogP contribution in [0.2, 0.25) is 0 Å². The number of fused-ring (bicyclic) bond motifs is 2. The molecule has 2 fully saturated rings. The van der Waals surface area contributed by atoms with Crippen LogP contribution in [0, 0.1) is 38.5 Å². The van der Waals surface area contributed by atoms with Gasteiger partial charge >= 0.3 is 37.9 Å². The summed E-state index contributed by atoms with van der Waals surface area (Å²) in [5, 5.41) is 0. The zero-order chi connectivity index (χ0) is 22.6. The van der Waals surface area contributed by atoms with Gasteiger partial charge in [0, 0.05) is 0 Å². The van der Waals surface area contributed by atoms with Gasteiger partial charge in [-0.3, -0.25) is 0 Å². The van der Waals surface area contributed by atoms with Crippen LogP contribution in [0.1, 0.15) is 48.6 Å². The molecule has 2 aromatic carbocycles. The summed E-state index contributed by atoms with van der Waals surface area (Å²) in [5.74, 6) is 4.21. The third kappa shape index (κ3) is 6.23. The third-order valence-electron chi connectivity index (χ3n) is 8.07. The van der Waals surface area contributed by atoms with Crippen molar-refractivity contribution in [2.45, 2.75) is 37.5 Å². The number of halogens is 2. The molecule has 35 heavy (non-hydrogen) atoms. The van der Waals surface area contributed by atoms with Crippen molar-refractivity contribution in [3.8, 4) is 11.1 Å². The van der Waals surface area contributed by atoms with Crippen LogP contribution in [0.4, 0.5) is 0 Å². The first kappa shape index (κ1) is 28.4. The molecule has 3 heteroatoms. The maximum atomic E-state index is 4.93. The molecule has 0 saturated heterocycles. The molecule has 4 unspecified atom stereocenters. The first-order valence-corrected chi connectivity index (χ1v) is 18.5. The van der Waals surface area contributed by atoms with Crippen LogP contribution in [0.25, 0.3) is 11.1 Å². The van der Waals surface area contributed by atoms with Gasteiger partial charge in [-0.25, -0.2) is 0 Å². The van der Waals surface area contributed by atoms with Gasteiger partial charge in [-0.05, 0) is 83.4 Å². The molecule has 0 amide bonds.